The fourth-order valence-corrected chi connectivity index (χ4v) is 4.69. The molecule has 3 N–H and O–H groups in total. The number of rotatable bonds is 8. The van der Waals surface area contributed by atoms with Crippen molar-refractivity contribution in [2.24, 2.45) is 11.7 Å². The third kappa shape index (κ3) is 4.08. The lowest BCUT2D eigenvalue weighted by Gasteiger charge is -2.26. The van der Waals surface area contributed by atoms with E-state index in [4.69, 9.17) is 24.7 Å². The van der Waals surface area contributed by atoms with Crippen molar-refractivity contribution in [2.75, 3.05) is 47.5 Å². The molecule has 0 aromatic heterocycles. The topological polar surface area (TPSA) is 95.3 Å². The van der Waals surface area contributed by atoms with E-state index in [1.165, 1.54) is 21.3 Å². The van der Waals surface area contributed by atoms with Crippen molar-refractivity contribution in [3.63, 3.8) is 0 Å². The van der Waals surface area contributed by atoms with Gasteiger partial charge >= 0.3 is 0 Å². The van der Waals surface area contributed by atoms with Crippen molar-refractivity contribution in [1.82, 2.24) is 10.2 Å². The minimum Gasteiger partial charge on any atom is -0.492 e. The molecule has 2 heterocycles. The molecule has 2 aliphatic heterocycles. The predicted molar refractivity (Wildman–Crippen MR) is 121 cm³/mol. The molecule has 0 bridgehead atoms. The Balaban J connectivity index is 1.72. The highest BCUT2D eigenvalue weighted by Gasteiger charge is 2.41. The maximum atomic E-state index is 13.6. The van der Waals surface area contributed by atoms with Gasteiger partial charge in [0.15, 0.2) is 11.5 Å². The van der Waals surface area contributed by atoms with Crippen LogP contribution in [0.4, 0.5) is 0 Å². The monoisotopic (exact) mass is 441 g/mol. The van der Waals surface area contributed by atoms with Crippen LogP contribution in [0.2, 0.25) is 0 Å². The van der Waals surface area contributed by atoms with Crippen molar-refractivity contribution in [3.05, 3.63) is 41.5 Å². The van der Waals surface area contributed by atoms with Crippen molar-refractivity contribution < 1.29 is 23.7 Å². The van der Waals surface area contributed by atoms with Gasteiger partial charge in [0, 0.05) is 31.7 Å². The van der Waals surface area contributed by atoms with Crippen LogP contribution in [0.3, 0.4) is 0 Å². The van der Waals surface area contributed by atoms with Crippen LogP contribution in [-0.4, -0.2) is 64.4 Å². The summed E-state index contributed by atoms with van der Waals surface area (Å²) in [6, 6.07) is 9.57. The quantitative estimate of drug-likeness (QED) is 0.650. The maximum absolute atomic E-state index is 13.6. The summed E-state index contributed by atoms with van der Waals surface area (Å²) in [6.07, 6.45) is 1.79. The van der Waals surface area contributed by atoms with E-state index in [1.54, 1.807) is 6.07 Å². The number of hydrogen-bond acceptors (Lipinski definition) is 7. The summed E-state index contributed by atoms with van der Waals surface area (Å²) in [6.45, 7) is 3.08. The minimum atomic E-state index is -0.0952. The summed E-state index contributed by atoms with van der Waals surface area (Å²) in [5.74, 6) is 2.45. The summed E-state index contributed by atoms with van der Waals surface area (Å²) in [5.41, 5.74) is 7.16. The lowest BCUT2D eigenvalue weighted by molar-refractivity contribution is 0.0732. The molecule has 8 heteroatoms. The average Bonchev–Trinajstić information content (AvgIpc) is 3.43. The van der Waals surface area contributed by atoms with E-state index in [2.05, 4.69) is 5.32 Å². The lowest BCUT2D eigenvalue weighted by Crippen LogP contribution is -2.39. The van der Waals surface area contributed by atoms with Gasteiger partial charge in [0.1, 0.15) is 5.75 Å². The number of fused-ring (bicyclic) bond motifs is 1. The van der Waals surface area contributed by atoms with Crippen LogP contribution in [0.5, 0.6) is 28.7 Å². The van der Waals surface area contributed by atoms with Gasteiger partial charge < -0.3 is 34.9 Å². The van der Waals surface area contributed by atoms with Gasteiger partial charge in [0.05, 0.1) is 26.9 Å². The van der Waals surface area contributed by atoms with E-state index in [9.17, 15) is 4.79 Å². The molecule has 0 radical (unpaired) electrons. The highest BCUT2D eigenvalue weighted by Crippen LogP contribution is 2.48. The van der Waals surface area contributed by atoms with Gasteiger partial charge in [-0.15, -0.1) is 0 Å². The largest absolute Gasteiger partial charge is 0.492 e. The number of ether oxygens (including phenoxy) is 4. The third-order valence-corrected chi connectivity index (χ3v) is 6.29. The molecule has 2 aromatic rings. The standard InChI is InChI=1S/C24H31N3O5/c1-29-21-18(24(28)27-11-9-16-13-26-14-19(16)27)12-20(22(30-2)23(21)31-3)32-17-6-4-15(5-7-17)8-10-25/h4-7,12,16,19,26H,8-11,13-14,25H2,1-3H3/t16-,19+/m0/s1. The van der Waals surface area contributed by atoms with Crippen LogP contribution in [0.25, 0.3) is 0 Å². The first-order valence-corrected chi connectivity index (χ1v) is 10.9. The number of benzene rings is 2. The van der Waals surface area contributed by atoms with Gasteiger partial charge in [-0.2, -0.15) is 0 Å². The van der Waals surface area contributed by atoms with E-state index in [0.717, 1.165) is 38.0 Å². The molecule has 0 aliphatic carbocycles. The lowest BCUT2D eigenvalue weighted by atomic mass is 10.0. The zero-order valence-electron chi connectivity index (χ0n) is 18.8. The number of carbonyl (C=O) groups is 1. The second-order valence-electron chi connectivity index (χ2n) is 8.08. The minimum absolute atomic E-state index is 0.0952. The SMILES string of the molecule is COc1c(Oc2ccc(CCN)cc2)cc(C(=O)N2CC[C@H]3CNC[C@H]32)c(OC)c1OC. The smallest absolute Gasteiger partial charge is 0.258 e. The summed E-state index contributed by atoms with van der Waals surface area (Å²) >= 11 is 0. The highest BCUT2D eigenvalue weighted by molar-refractivity contribution is 5.99. The van der Waals surface area contributed by atoms with Gasteiger partial charge in [0.25, 0.3) is 5.91 Å². The molecule has 1 amide bonds. The van der Waals surface area contributed by atoms with Crippen LogP contribution in [-0.2, 0) is 6.42 Å². The molecule has 2 aliphatic rings. The number of carbonyl (C=O) groups excluding carboxylic acids is 1. The van der Waals surface area contributed by atoms with Gasteiger partial charge in [-0.3, -0.25) is 4.79 Å². The predicted octanol–water partition coefficient (Wildman–Crippen LogP) is 2.44. The molecule has 2 fully saturated rings. The van der Waals surface area contributed by atoms with Crippen LogP contribution in [0.1, 0.15) is 22.3 Å². The van der Waals surface area contributed by atoms with Gasteiger partial charge in [-0.05, 0) is 43.0 Å². The van der Waals surface area contributed by atoms with E-state index < -0.39 is 0 Å². The Morgan fingerprint density at radius 1 is 1.06 bits per heavy atom. The van der Waals surface area contributed by atoms with E-state index >= 15 is 0 Å². The number of nitrogens with zero attached hydrogens (tertiary/aromatic N) is 1. The van der Waals surface area contributed by atoms with E-state index in [1.807, 2.05) is 29.2 Å². The molecule has 0 unspecified atom stereocenters. The Labute approximate surface area is 188 Å². The summed E-state index contributed by atoms with van der Waals surface area (Å²) < 4.78 is 22.9. The fourth-order valence-electron chi connectivity index (χ4n) is 4.69. The Morgan fingerprint density at radius 3 is 2.44 bits per heavy atom. The van der Waals surface area contributed by atoms with Crippen molar-refractivity contribution in [2.45, 2.75) is 18.9 Å². The van der Waals surface area contributed by atoms with Crippen LogP contribution < -0.4 is 30.0 Å². The summed E-state index contributed by atoms with van der Waals surface area (Å²) in [5, 5.41) is 3.39. The number of hydrogen-bond donors (Lipinski definition) is 2. The zero-order chi connectivity index (χ0) is 22.7. The second-order valence-corrected chi connectivity index (χ2v) is 8.08. The average molecular weight is 442 g/mol. The van der Waals surface area contributed by atoms with Crippen molar-refractivity contribution >= 4 is 5.91 Å². The molecule has 4 rings (SSSR count). The number of likely N-dealkylation sites (tertiary alicyclic amines) is 1. The van der Waals surface area contributed by atoms with Crippen LogP contribution in [0, 0.1) is 5.92 Å². The molecule has 0 spiro atoms. The van der Waals surface area contributed by atoms with Gasteiger partial charge in [-0.1, -0.05) is 12.1 Å². The molecule has 2 atom stereocenters. The maximum Gasteiger partial charge on any atom is 0.258 e. The Hall–Kier alpha value is -2.97. The number of amides is 1. The van der Waals surface area contributed by atoms with Gasteiger partial charge in [0.2, 0.25) is 11.5 Å². The number of nitrogens with two attached hydrogens (primary N) is 1. The molecule has 2 aromatic carbocycles. The highest BCUT2D eigenvalue weighted by atomic mass is 16.5. The molecule has 2 saturated heterocycles. The number of nitrogens with one attached hydrogen (secondary N) is 1. The van der Waals surface area contributed by atoms with Gasteiger partial charge in [-0.25, -0.2) is 0 Å². The third-order valence-electron chi connectivity index (χ3n) is 6.29. The van der Waals surface area contributed by atoms with Crippen LogP contribution in [0.15, 0.2) is 30.3 Å². The summed E-state index contributed by atoms with van der Waals surface area (Å²) in [7, 11) is 4.58. The molecular weight excluding hydrogens is 410 g/mol. The first-order valence-electron chi connectivity index (χ1n) is 10.9. The van der Waals surface area contributed by atoms with Crippen LogP contribution >= 0.6 is 0 Å². The first kappa shape index (κ1) is 22.2. The van der Waals surface area contributed by atoms with Crippen molar-refractivity contribution in [1.29, 1.82) is 0 Å². The zero-order valence-corrected chi connectivity index (χ0v) is 18.8. The van der Waals surface area contributed by atoms with E-state index in [0.29, 0.717) is 46.8 Å². The molecule has 0 saturated carbocycles. The Kier molecular flexibility index (Phi) is 6.72. The molecular formula is C24H31N3O5. The molecule has 8 nitrogen and oxygen atoms in total. The number of methoxy groups -OCH3 is 3. The summed E-state index contributed by atoms with van der Waals surface area (Å²) in [4.78, 5) is 15.5. The first-order chi connectivity index (χ1) is 15.6. The Morgan fingerprint density at radius 2 is 1.78 bits per heavy atom. The molecule has 32 heavy (non-hydrogen) atoms. The van der Waals surface area contributed by atoms with Crippen molar-refractivity contribution in [3.8, 4) is 28.7 Å². The van der Waals surface area contributed by atoms with E-state index in [-0.39, 0.29) is 11.9 Å². The second kappa shape index (κ2) is 9.67. The fraction of sp³-hybridized carbons (Fsp3) is 0.458. The Bertz CT molecular complexity index is 963. The molecule has 172 valence electrons. The normalized spacial score (nSPS) is 19.6.